The maximum Gasteiger partial charge on any atom is 0.0582 e. The van der Waals surface area contributed by atoms with Gasteiger partial charge in [0.1, 0.15) is 0 Å². The zero-order valence-electron chi connectivity index (χ0n) is 8.81. The van der Waals surface area contributed by atoms with E-state index in [0.29, 0.717) is 6.04 Å². The van der Waals surface area contributed by atoms with Crippen LogP contribution in [-0.2, 0) is 0 Å². The zero-order chi connectivity index (χ0) is 9.84. The van der Waals surface area contributed by atoms with Crippen molar-refractivity contribution in [2.75, 3.05) is 0 Å². The lowest BCUT2D eigenvalue weighted by Crippen LogP contribution is -2.20. The van der Waals surface area contributed by atoms with Crippen LogP contribution in [0.25, 0.3) is 0 Å². The van der Waals surface area contributed by atoms with Crippen molar-refractivity contribution in [1.29, 1.82) is 0 Å². The van der Waals surface area contributed by atoms with Gasteiger partial charge in [-0.3, -0.25) is 0 Å². The molecule has 72 valence electrons. The van der Waals surface area contributed by atoms with Crippen molar-refractivity contribution in [3.63, 3.8) is 0 Å². The molecule has 0 bridgehead atoms. The summed E-state index contributed by atoms with van der Waals surface area (Å²) in [5.74, 6) is 0. The molecule has 0 aromatic heterocycles. The summed E-state index contributed by atoms with van der Waals surface area (Å²) >= 11 is 0. The summed E-state index contributed by atoms with van der Waals surface area (Å²) in [6.07, 6.45) is 6.07. The molecule has 1 unspecified atom stereocenters. The van der Waals surface area contributed by atoms with E-state index < -0.39 is 0 Å². The quantitative estimate of drug-likeness (QED) is 0.594. The monoisotopic (exact) mass is 178 g/mol. The van der Waals surface area contributed by atoms with E-state index >= 15 is 0 Å². The van der Waals surface area contributed by atoms with Crippen molar-refractivity contribution < 1.29 is 0 Å². The summed E-state index contributed by atoms with van der Waals surface area (Å²) in [5.41, 5.74) is 3.99. The third kappa shape index (κ3) is 1.77. The van der Waals surface area contributed by atoms with Crippen LogP contribution in [0.2, 0.25) is 0 Å². The van der Waals surface area contributed by atoms with Crippen LogP contribution in [0.5, 0.6) is 0 Å². The summed E-state index contributed by atoms with van der Waals surface area (Å²) < 4.78 is 0. The number of hydrogen-bond acceptors (Lipinski definition) is 2. The number of rotatable bonds is 0. The average Bonchev–Trinajstić information content (AvgIpc) is 2.47. The molecule has 0 spiro atoms. The predicted molar refractivity (Wildman–Crippen MR) is 57.0 cm³/mol. The average molecular weight is 178 g/mol. The largest absolute Gasteiger partial charge is 0.377 e. The second-order valence-corrected chi connectivity index (χ2v) is 3.02. The lowest BCUT2D eigenvalue weighted by atomic mass is 10.1. The summed E-state index contributed by atoms with van der Waals surface area (Å²) in [7, 11) is 0. The Bertz CT molecular complexity index is 272. The highest BCUT2D eigenvalue weighted by molar-refractivity contribution is 5.50. The molecule has 0 aromatic carbocycles. The fourth-order valence-corrected chi connectivity index (χ4v) is 1.47. The Morgan fingerprint density at radius 3 is 2.62 bits per heavy atom. The van der Waals surface area contributed by atoms with E-state index in [1.165, 1.54) is 16.8 Å². The van der Waals surface area contributed by atoms with E-state index in [2.05, 4.69) is 30.6 Å². The summed E-state index contributed by atoms with van der Waals surface area (Å²) in [4.78, 5) is 0. The molecule has 2 nitrogen and oxygen atoms in total. The van der Waals surface area contributed by atoms with Crippen molar-refractivity contribution in [2.45, 2.75) is 33.7 Å². The first kappa shape index (κ1) is 9.90. The minimum atomic E-state index is 0.487. The first-order valence-corrected chi connectivity index (χ1v) is 4.89. The first-order chi connectivity index (χ1) is 6.29. The molecule has 2 aliphatic rings. The van der Waals surface area contributed by atoms with Crippen molar-refractivity contribution in [1.82, 2.24) is 10.6 Å². The highest BCUT2D eigenvalue weighted by Gasteiger charge is 2.21. The first-order valence-electron chi connectivity index (χ1n) is 4.89. The zero-order valence-corrected chi connectivity index (χ0v) is 8.81. The summed E-state index contributed by atoms with van der Waals surface area (Å²) in [6, 6.07) is 0.487. The van der Waals surface area contributed by atoms with Crippen LogP contribution in [0.3, 0.4) is 0 Å². The van der Waals surface area contributed by atoms with Gasteiger partial charge in [-0.2, -0.15) is 0 Å². The lowest BCUT2D eigenvalue weighted by molar-refractivity contribution is 0.740. The minimum Gasteiger partial charge on any atom is -0.377 e. The van der Waals surface area contributed by atoms with Crippen LogP contribution in [-0.4, -0.2) is 6.04 Å². The lowest BCUT2D eigenvalue weighted by Gasteiger charge is -2.08. The van der Waals surface area contributed by atoms with Crippen LogP contribution in [0.15, 0.2) is 35.3 Å². The van der Waals surface area contributed by atoms with E-state index in [1.54, 1.807) is 0 Å². The Balaban J connectivity index is 0.000000396. The van der Waals surface area contributed by atoms with Gasteiger partial charge < -0.3 is 10.6 Å². The molecule has 2 heterocycles. The number of hydrogen-bond donors (Lipinski definition) is 2. The number of fused-ring (bicyclic) bond motifs is 1. The van der Waals surface area contributed by atoms with Crippen molar-refractivity contribution in [2.24, 2.45) is 0 Å². The molecule has 2 N–H and O–H groups in total. The molecule has 0 saturated carbocycles. The number of nitrogens with one attached hydrogen (secondary N) is 2. The molecule has 0 fully saturated rings. The molecule has 0 aromatic rings. The fraction of sp³-hybridized carbons (Fsp3) is 0.455. The van der Waals surface area contributed by atoms with Crippen LogP contribution in [0, 0.1) is 0 Å². The van der Waals surface area contributed by atoms with E-state index in [1.807, 2.05) is 26.2 Å². The topological polar surface area (TPSA) is 24.1 Å². The van der Waals surface area contributed by atoms with Crippen molar-refractivity contribution >= 4 is 0 Å². The molecule has 0 radical (unpaired) electrons. The van der Waals surface area contributed by atoms with Gasteiger partial charge in [-0.25, -0.2) is 0 Å². The predicted octanol–water partition coefficient (Wildman–Crippen LogP) is 2.28. The highest BCUT2D eigenvalue weighted by Crippen LogP contribution is 2.25. The maximum absolute atomic E-state index is 3.38. The molecule has 2 rings (SSSR count). The van der Waals surface area contributed by atoms with Gasteiger partial charge in [0.25, 0.3) is 0 Å². The number of dihydropyridines is 1. The van der Waals surface area contributed by atoms with Crippen LogP contribution in [0.4, 0.5) is 0 Å². The summed E-state index contributed by atoms with van der Waals surface area (Å²) in [5, 5.41) is 6.44. The van der Waals surface area contributed by atoms with E-state index in [-0.39, 0.29) is 0 Å². The van der Waals surface area contributed by atoms with Gasteiger partial charge in [-0.15, -0.1) is 0 Å². The fourth-order valence-electron chi connectivity index (χ4n) is 1.47. The second kappa shape index (κ2) is 4.17. The van der Waals surface area contributed by atoms with E-state index in [4.69, 9.17) is 0 Å². The Labute approximate surface area is 80.4 Å². The maximum atomic E-state index is 3.38. The Hall–Kier alpha value is -1.18. The van der Waals surface area contributed by atoms with Gasteiger partial charge in [0.2, 0.25) is 0 Å². The molecule has 0 aliphatic carbocycles. The van der Waals surface area contributed by atoms with Crippen LogP contribution >= 0.6 is 0 Å². The molecule has 2 heteroatoms. The van der Waals surface area contributed by atoms with E-state index in [0.717, 1.165) is 0 Å². The number of allylic oxidation sites excluding steroid dienone is 1. The third-order valence-electron chi connectivity index (χ3n) is 2.31. The van der Waals surface area contributed by atoms with E-state index in [9.17, 15) is 0 Å². The normalized spacial score (nSPS) is 23.7. The highest BCUT2D eigenvalue weighted by atomic mass is 15.0. The SMILES string of the molecule is CC.CC1=C2C=CNC=C2NC1C. The summed E-state index contributed by atoms with van der Waals surface area (Å²) in [6.45, 7) is 8.35. The van der Waals surface area contributed by atoms with Crippen LogP contribution < -0.4 is 10.6 Å². The van der Waals surface area contributed by atoms with Gasteiger partial charge >= 0.3 is 0 Å². The van der Waals surface area contributed by atoms with Crippen LogP contribution in [0.1, 0.15) is 27.7 Å². The Morgan fingerprint density at radius 1 is 1.31 bits per heavy atom. The van der Waals surface area contributed by atoms with Crippen molar-refractivity contribution in [3.05, 3.63) is 35.3 Å². The van der Waals surface area contributed by atoms with Gasteiger partial charge in [-0.1, -0.05) is 13.8 Å². The van der Waals surface area contributed by atoms with Gasteiger partial charge in [-0.05, 0) is 25.5 Å². The minimum absolute atomic E-state index is 0.487. The standard InChI is InChI=1S/C9H12N2.C2H6/c1-6-7(2)11-9-5-10-4-3-8(6)9;1-2/h3-5,7,10-11H,1-2H3;1-2H3. The van der Waals surface area contributed by atoms with Crippen molar-refractivity contribution in [3.8, 4) is 0 Å². The molecular formula is C11H18N2. The molecule has 0 saturated heterocycles. The Morgan fingerprint density at radius 2 is 2.00 bits per heavy atom. The smallest absolute Gasteiger partial charge is 0.0582 e. The molecule has 1 atom stereocenters. The second-order valence-electron chi connectivity index (χ2n) is 3.02. The molecular weight excluding hydrogens is 160 g/mol. The molecule has 13 heavy (non-hydrogen) atoms. The molecule has 0 amide bonds. The van der Waals surface area contributed by atoms with Gasteiger partial charge in [0, 0.05) is 24.0 Å². The third-order valence-corrected chi connectivity index (χ3v) is 2.31. The van der Waals surface area contributed by atoms with Gasteiger partial charge in [0.05, 0.1) is 5.70 Å². The Kier molecular flexibility index (Phi) is 3.18. The molecule has 2 aliphatic heterocycles. The van der Waals surface area contributed by atoms with Gasteiger partial charge in [0.15, 0.2) is 0 Å².